The number of aliphatic hydroxyl groups is 1. The lowest BCUT2D eigenvalue weighted by Crippen LogP contribution is -2.44. The maximum Gasteiger partial charge on any atom is 0.247 e. The summed E-state index contributed by atoms with van der Waals surface area (Å²) in [4.78, 5) is 10.4. The Morgan fingerprint density at radius 1 is 1.62 bits per heavy atom. The fourth-order valence-corrected chi connectivity index (χ4v) is 0.789. The van der Waals surface area contributed by atoms with E-state index in [0.29, 0.717) is 0 Å². The van der Waals surface area contributed by atoms with Gasteiger partial charge in [0.1, 0.15) is 6.10 Å². The van der Waals surface area contributed by atoms with Crippen LogP contribution in [0.4, 0.5) is 8.78 Å². The molecule has 6 heteroatoms. The van der Waals surface area contributed by atoms with Crippen LogP contribution >= 0.6 is 0 Å². The number of hydrogen-bond donors (Lipinski definition) is 3. The van der Waals surface area contributed by atoms with Crippen LogP contribution in [0.25, 0.3) is 0 Å². The van der Waals surface area contributed by atoms with E-state index in [0.717, 1.165) is 6.92 Å². The number of carbonyl (C=O) groups is 1. The lowest BCUT2D eigenvalue weighted by molar-refractivity contribution is -0.127. The number of rotatable bonds is 5. The van der Waals surface area contributed by atoms with Crippen molar-refractivity contribution in [3.05, 3.63) is 0 Å². The van der Waals surface area contributed by atoms with Crippen LogP contribution in [0, 0.1) is 0 Å². The molecule has 4 nitrogen and oxygen atoms in total. The normalized spacial score (nSPS) is 16.7. The highest BCUT2D eigenvalue weighted by Gasteiger charge is 2.26. The molecule has 0 aromatic heterocycles. The van der Waals surface area contributed by atoms with E-state index in [9.17, 15) is 13.6 Å². The number of primary amides is 1. The molecule has 0 saturated carbocycles. The van der Waals surface area contributed by atoms with Crippen molar-refractivity contribution in [2.75, 3.05) is 0 Å². The predicted molar refractivity (Wildman–Crippen MR) is 43.0 cm³/mol. The molecule has 5 N–H and O–H groups in total. The first-order valence-electron chi connectivity index (χ1n) is 3.85. The third-order valence-electron chi connectivity index (χ3n) is 1.61. The first-order valence-corrected chi connectivity index (χ1v) is 3.85. The van der Waals surface area contributed by atoms with E-state index in [2.05, 4.69) is 0 Å². The van der Waals surface area contributed by atoms with Crippen LogP contribution < -0.4 is 11.5 Å². The van der Waals surface area contributed by atoms with Crippen LogP contribution in [0.15, 0.2) is 0 Å². The molecule has 78 valence electrons. The van der Waals surface area contributed by atoms with E-state index in [1.807, 2.05) is 0 Å². The molecule has 0 radical (unpaired) electrons. The molecule has 0 aliphatic carbocycles. The van der Waals surface area contributed by atoms with Crippen LogP contribution in [0.5, 0.6) is 0 Å². The van der Waals surface area contributed by atoms with Gasteiger partial charge in [-0.2, -0.15) is 0 Å². The van der Waals surface area contributed by atoms with E-state index in [1.54, 1.807) is 0 Å². The van der Waals surface area contributed by atoms with E-state index in [-0.39, 0.29) is 6.42 Å². The fourth-order valence-electron chi connectivity index (χ4n) is 0.789. The van der Waals surface area contributed by atoms with Crippen molar-refractivity contribution >= 4 is 5.91 Å². The van der Waals surface area contributed by atoms with Crippen molar-refractivity contribution < 1.29 is 18.7 Å². The maximum absolute atomic E-state index is 12.3. The van der Waals surface area contributed by atoms with Crippen molar-refractivity contribution in [3.8, 4) is 0 Å². The molecule has 0 heterocycles. The topological polar surface area (TPSA) is 89.3 Å². The Balaban J connectivity index is 3.88. The van der Waals surface area contributed by atoms with E-state index in [4.69, 9.17) is 16.6 Å². The number of alkyl halides is 2. The Hall–Kier alpha value is -0.750. The average molecular weight is 196 g/mol. The monoisotopic (exact) mass is 196 g/mol. The van der Waals surface area contributed by atoms with Gasteiger partial charge in [0.15, 0.2) is 0 Å². The molecule has 0 spiro atoms. The SMILES string of the molecule is CC(F)(F)CCC(N)C(O)C(N)=O. The van der Waals surface area contributed by atoms with Crippen molar-refractivity contribution in [3.63, 3.8) is 0 Å². The van der Waals surface area contributed by atoms with Gasteiger partial charge in [-0.25, -0.2) is 8.78 Å². The molecular weight excluding hydrogens is 182 g/mol. The third kappa shape index (κ3) is 5.48. The van der Waals surface area contributed by atoms with Gasteiger partial charge in [-0.05, 0) is 13.3 Å². The van der Waals surface area contributed by atoms with Crippen LogP contribution in [-0.2, 0) is 4.79 Å². The smallest absolute Gasteiger partial charge is 0.247 e. The summed E-state index contributed by atoms with van der Waals surface area (Å²) in [5.74, 6) is -3.83. The molecule has 0 aliphatic heterocycles. The Labute approximate surface area is 74.9 Å². The number of carbonyl (C=O) groups excluding carboxylic acids is 1. The molecule has 2 atom stereocenters. The predicted octanol–water partition coefficient (Wildman–Crippen LogP) is -0.405. The zero-order valence-corrected chi connectivity index (χ0v) is 7.34. The molecular formula is C7H14F2N2O2. The van der Waals surface area contributed by atoms with Crippen LogP contribution in [0.3, 0.4) is 0 Å². The van der Waals surface area contributed by atoms with Crippen molar-refractivity contribution in [2.45, 2.75) is 37.8 Å². The Kier molecular flexibility index (Phi) is 4.22. The Morgan fingerprint density at radius 2 is 2.08 bits per heavy atom. The maximum atomic E-state index is 12.3. The van der Waals surface area contributed by atoms with Gasteiger partial charge < -0.3 is 16.6 Å². The number of hydrogen-bond acceptors (Lipinski definition) is 3. The molecule has 13 heavy (non-hydrogen) atoms. The summed E-state index contributed by atoms with van der Waals surface area (Å²) in [5, 5.41) is 8.95. The quantitative estimate of drug-likeness (QED) is 0.558. The lowest BCUT2D eigenvalue weighted by Gasteiger charge is -2.17. The number of aliphatic hydroxyl groups excluding tert-OH is 1. The fraction of sp³-hybridized carbons (Fsp3) is 0.857. The molecule has 0 aromatic carbocycles. The molecule has 0 bridgehead atoms. The number of amides is 1. The third-order valence-corrected chi connectivity index (χ3v) is 1.61. The Morgan fingerprint density at radius 3 is 2.38 bits per heavy atom. The summed E-state index contributed by atoms with van der Waals surface area (Å²) >= 11 is 0. The first kappa shape index (κ1) is 12.2. The van der Waals surface area contributed by atoms with Crippen LogP contribution in [0.1, 0.15) is 19.8 Å². The van der Waals surface area contributed by atoms with Gasteiger partial charge in [0.25, 0.3) is 0 Å². The van der Waals surface area contributed by atoms with Gasteiger partial charge in [-0.1, -0.05) is 0 Å². The minimum absolute atomic E-state index is 0.145. The minimum Gasteiger partial charge on any atom is -0.382 e. The standard InChI is InChI=1S/C7H14F2N2O2/c1-7(8,9)3-2-4(10)5(12)6(11)13/h4-5,12H,2-3,10H2,1H3,(H2,11,13). The highest BCUT2D eigenvalue weighted by atomic mass is 19.3. The van der Waals surface area contributed by atoms with Gasteiger partial charge in [0, 0.05) is 12.5 Å². The van der Waals surface area contributed by atoms with Gasteiger partial charge in [0.05, 0.1) is 0 Å². The zero-order chi connectivity index (χ0) is 10.6. The van der Waals surface area contributed by atoms with Gasteiger partial charge in [-0.3, -0.25) is 4.79 Å². The Bertz CT molecular complexity index is 182. The van der Waals surface area contributed by atoms with Gasteiger partial charge >= 0.3 is 0 Å². The van der Waals surface area contributed by atoms with Gasteiger partial charge in [0.2, 0.25) is 11.8 Å². The first-order chi connectivity index (χ1) is 5.74. The van der Waals surface area contributed by atoms with E-state index < -0.39 is 30.4 Å². The summed E-state index contributed by atoms with van der Waals surface area (Å²) in [5.41, 5.74) is 9.96. The molecule has 0 saturated heterocycles. The second kappa shape index (κ2) is 4.48. The van der Waals surface area contributed by atoms with E-state index >= 15 is 0 Å². The van der Waals surface area contributed by atoms with Crippen molar-refractivity contribution in [1.29, 1.82) is 0 Å². The summed E-state index contributed by atoms with van der Waals surface area (Å²) in [6, 6.07) is -1.02. The molecule has 0 aliphatic rings. The molecule has 1 amide bonds. The largest absolute Gasteiger partial charge is 0.382 e. The molecule has 0 fully saturated rings. The summed E-state index contributed by atoms with van der Waals surface area (Å²) < 4.78 is 24.6. The highest BCUT2D eigenvalue weighted by Crippen LogP contribution is 2.19. The molecule has 0 aromatic rings. The highest BCUT2D eigenvalue weighted by molar-refractivity contribution is 5.79. The zero-order valence-electron chi connectivity index (χ0n) is 7.34. The van der Waals surface area contributed by atoms with Gasteiger partial charge in [-0.15, -0.1) is 0 Å². The van der Waals surface area contributed by atoms with Crippen LogP contribution in [0.2, 0.25) is 0 Å². The van der Waals surface area contributed by atoms with Crippen LogP contribution in [-0.4, -0.2) is 29.1 Å². The summed E-state index contributed by atoms with van der Waals surface area (Å²) in [6.45, 7) is 0.746. The molecule has 0 rings (SSSR count). The minimum atomic E-state index is -2.84. The molecule has 2 unspecified atom stereocenters. The van der Waals surface area contributed by atoms with Crippen molar-refractivity contribution in [2.24, 2.45) is 11.5 Å². The number of halogens is 2. The summed E-state index contributed by atoms with van der Waals surface area (Å²) in [7, 11) is 0. The van der Waals surface area contributed by atoms with E-state index in [1.165, 1.54) is 0 Å². The van der Waals surface area contributed by atoms with Crippen molar-refractivity contribution in [1.82, 2.24) is 0 Å². The lowest BCUT2D eigenvalue weighted by atomic mass is 10.0. The number of nitrogens with two attached hydrogens (primary N) is 2. The second-order valence-electron chi connectivity index (χ2n) is 3.12. The second-order valence-corrected chi connectivity index (χ2v) is 3.12. The summed E-state index contributed by atoms with van der Waals surface area (Å²) in [6.07, 6.45) is -2.17. The average Bonchev–Trinajstić information content (AvgIpc) is 1.97.